The molecule has 0 aliphatic carbocycles. The van der Waals surface area contributed by atoms with Gasteiger partial charge in [0.15, 0.2) is 0 Å². The van der Waals surface area contributed by atoms with Crippen LogP contribution in [0.4, 0.5) is 0 Å². The summed E-state index contributed by atoms with van der Waals surface area (Å²) < 4.78 is 1.95. The predicted molar refractivity (Wildman–Crippen MR) is 57.3 cm³/mol. The van der Waals surface area contributed by atoms with Gasteiger partial charge in [-0.2, -0.15) is 4.98 Å². The number of nitrogens with one attached hydrogen (secondary N) is 1. The fourth-order valence-corrected chi connectivity index (χ4v) is 1.87. The van der Waals surface area contributed by atoms with Crippen LogP contribution in [0.15, 0.2) is 17.3 Å². The number of aromatic nitrogens is 2. The molecule has 2 heterocycles. The lowest BCUT2D eigenvalue weighted by atomic mass is 10.1. The lowest BCUT2D eigenvalue weighted by Crippen LogP contribution is -2.33. The molecule has 5 nitrogen and oxygen atoms in total. The molecule has 1 aliphatic rings. The molecule has 1 unspecified atom stereocenters. The van der Waals surface area contributed by atoms with Gasteiger partial charge in [0.2, 0.25) is 0 Å². The van der Waals surface area contributed by atoms with Crippen LogP contribution < -0.4 is 16.6 Å². The van der Waals surface area contributed by atoms with E-state index in [1.807, 2.05) is 4.57 Å². The summed E-state index contributed by atoms with van der Waals surface area (Å²) in [5.41, 5.74) is 5.83. The Balaban J connectivity index is 2.23. The van der Waals surface area contributed by atoms with Crippen molar-refractivity contribution < 1.29 is 0 Å². The molecule has 1 aromatic rings. The molecule has 15 heavy (non-hydrogen) atoms. The van der Waals surface area contributed by atoms with Gasteiger partial charge < -0.3 is 10.3 Å². The average molecular weight is 208 g/mol. The van der Waals surface area contributed by atoms with E-state index in [1.165, 1.54) is 12.8 Å². The van der Waals surface area contributed by atoms with Crippen molar-refractivity contribution in [3.05, 3.63) is 28.4 Å². The van der Waals surface area contributed by atoms with Gasteiger partial charge in [-0.15, -0.1) is 0 Å². The van der Waals surface area contributed by atoms with Gasteiger partial charge in [0, 0.05) is 18.3 Å². The van der Waals surface area contributed by atoms with Gasteiger partial charge in [-0.3, -0.25) is 10.1 Å². The third kappa shape index (κ3) is 2.24. The molecule has 0 radical (unpaired) electrons. The van der Waals surface area contributed by atoms with Gasteiger partial charge in [-0.1, -0.05) is 0 Å². The summed E-state index contributed by atoms with van der Waals surface area (Å²) in [7, 11) is 0. The van der Waals surface area contributed by atoms with Crippen molar-refractivity contribution in [2.45, 2.75) is 32.0 Å². The van der Waals surface area contributed by atoms with Crippen LogP contribution in [0, 0.1) is 0 Å². The molecular formula is C10H16N4O. The Labute approximate surface area is 88.3 Å². The van der Waals surface area contributed by atoms with Gasteiger partial charge in [0.25, 0.3) is 5.56 Å². The molecule has 0 spiro atoms. The predicted octanol–water partition coefficient (Wildman–Crippen LogP) is -0.0259. The van der Waals surface area contributed by atoms with E-state index in [-0.39, 0.29) is 18.3 Å². The van der Waals surface area contributed by atoms with Crippen LogP contribution in [0.1, 0.15) is 31.0 Å². The lowest BCUT2D eigenvalue weighted by molar-refractivity contribution is 0.316. The van der Waals surface area contributed by atoms with Crippen LogP contribution in [0.2, 0.25) is 0 Å². The minimum Gasteiger partial charge on any atom is -0.326 e. The number of rotatable bonds is 2. The molecule has 0 saturated carbocycles. The van der Waals surface area contributed by atoms with Gasteiger partial charge in [-0.25, -0.2) is 0 Å². The molecule has 5 heteroatoms. The maximum absolute atomic E-state index is 11.3. The molecule has 82 valence electrons. The third-order valence-corrected chi connectivity index (χ3v) is 2.75. The maximum Gasteiger partial charge on any atom is 0.277 e. The lowest BCUT2D eigenvalue weighted by Gasteiger charge is -2.25. The zero-order chi connectivity index (χ0) is 10.7. The van der Waals surface area contributed by atoms with E-state index in [9.17, 15) is 4.79 Å². The Morgan fingerprint density at radius 3 is 3.13 bits per heavy atom. The summed E-state index contributed by atoms with van der Waals surface area (Å²) >= 11 is 0. The SMILES string of the molecule is NCc1cn(C2CCCCN2)cnc1=O. The van der Waals surface area contributed by atoms with Crippen LogP contribution in [-0.2, 0) is 6.54 Å². The molecule has 1 aromatic heterocycles. The Hall–Kier alpha value is -1.20. The van der Waals surface area contributed by atoms with Crippen molar-refractivity contribution in [3.63, 3.8) is 0 Å². The van der Waals surface area contributed by atoms with E-state index < -0.39 is 0 Å². The average Bonchev–Trinajstić information content (AvgIpc) is 2.31. The summed E-state index contributed by atoms with van der Waals surface area (Å²) in [5, 5.41) is 3.39. The number of nitrogens with zero attached hydrogens (tertiary/aromatic N) is 2. The van der Waals surface area contributed by atoms with Crippen LogP contribution >= 0.6 is 0 Å². The van der Waals surface area contributed by atoms with Crippen molar-refractivity contribution in [3.8, 4) is 0 Å². The van der Waals surface area contributed by atoms with E-state index in [0.717, 1.165) is 13.0 Å². The molecule has 0 amide bonds. The van der Waals surface area contributed by atoms with Gasteiger partial charge in [-0.05, 0) is 25.8 Å². The molecule has 1 atom stereocenters. The van der Waals surface area contributed by atoms with Gasteiger partial charge >= 0.3 is 0 Å². The highest BCUT2D eigenvalue weighted by molar-refractivity contribution is 5.04. The summed E-state index contributed by atoms with van der Waals surface area (Å²) in [6.45, 7) is 1.27. The summed E-state index contributed by atoms with van der Waals surface area (Å²) in [6.07, 6.45) is 7.16. The van der Waals surface area contributed by atoms with Crippen molar-refractivity contribution >= 4 is 0 Å². The van der Waals surface area contributed by atoms with E-state index in [1.54, 1.807) is 12.5 Å². The highest BCUT2D eigenvalue weighted by atomic mass is 16.1. The number of nitrogens with two attached hydrogens (primary N) is 1. The quantitative estimate of drug-likeness (QED) is 0.716. The summed E-state index contributed by atoms with van der Waals surface area (Å²) in [4.78, 5) is 15.1. The van der Waals surface area contributed by atoms with Crippen LogP contribution in [0.5, 0.6) is 0 Å². The van der Waals surface area contributed by atoms with E-state index in [4.69, 9.17) is 5.73 Å². The molecule has 2 rings (SSSR count). The molecule has 1 fully saturated rings. The molecule has 1 saturated heterocycles. The Morgan fingerprint density at radius 2 is 2.47 bits per heavy atom. The first-order chi connectivity index (χ1) is 7.31. The zero-order valence-electron chi connectivity index (χ0n) is 8.65. The van der Waals surface area contributed by atoms with Gasteiger partial charge in [0.05, 0.1) is 6.17 Å². The van der Waals surface area contributed by atoms with Gasteiger partial charge in [0.1, 0.15) is 6.33 Å². The zero-order valence-corrected chi connectivity index (χ0v) is 8.65. The smallest absolute Gasteiger partial charge is 0.277 e. The fraction of sp³-hybridized carbons (Fsp3) is 0.600. The molecule has 0 aromatic carbocycles. The minimum atomic E-state index is -0.218. The Kier molecular flexibility index (Phi) is 3.13. The molecule has 3 N–H and O–H groups in total. The number of piperidine rings is 1. The Morgan fingerprint density at radius 1 is 1.60 bits per heavy atom. The molecule has 1 aliphatic heterocycles. The highest BCUT2D eigenvalue weighted by Crippen LogP contribution is 2.15. The Bertz CT molecular complexity index is 381. The normalized spacial score (nSPS) is 21.5. The highest BCUT2D eigenvalue weighted by Gasteiger charge is 2.13. The second-order valence-electron chi connectivity index (χ2n) is 3.82. The summed E-state index contributed by atoms with van der Waals surface area (Å²) in [5.74, 6) is 0. The number of hydrogen-bond acceptors (Lipinski definition) is 4. The van der Waals surface area contributed by atoms with Crippen molar-refractivity contribution in [2.24, 2.45) is 5.73 Å². The van der Waals surface area contributed by atoms with Crippen LogP contribution in [0.3, 0.4) is 0 Å². The second kappa shape index (κ2) is 4.55. The van der Waals surface area contributed by atoms with E-state index in [2.05, 4.69) is 10.3 Å². The standard InChI is InChI=1S/C10H16N4O/c11-5-8-6-14(7-13-10(8)15)9-3-1-2-4-12-9/h6-7,9,12H,1-5,11H2. The monoisotopic (exact) mass is 208 g/mol. The molecule has 0 bridgehead atoms. The number of hydrogen-bond donors (Lipinski definition) is 2. The molecular weight excluding hydrogens is 192 g/mol. The fourth-order valence-electron chi connectivity index (χ4n) is 1.87. The maximum atomic E-state index is 11.3. The second-order valence-corrected chi connectivity index (χ2v) is 3.82. The first-order valence-electron chi connectivity index (χ1n) is 5.31. The third-order valence-electron chi connectivity index (χ3n) is 2.75. The van der Waals surface area contributed by atoms with Crippen molar-refractivity contribution in [1.29, 1.82) is 0 Å². The summed E-state index contributed by atoms with van der Waals surface area (Å²) in [6, 6.07) is 0. The largest absolute Gasteiger partial charge is 0.326 e. The van der Waals surface area contributed by atoms with Crippen LogP contribution in [-0.4, -0.2) is 16.1 Å². The van der Waals surface area contributed by atoms with Crippen LogP contribution in [0.25, 0.3) is 0 Å². The van der Waals surface area contributed by atoms with E-state index >= 15 is 0 Å². The first-order valence-corrected chi connectivity index (χ1v) is 5.31. The minimum absolute atomic E-state index is 0.218. The van der Waals surface area contributed by atoms with E-state index in [0.29, 0.717) is 5.56 Å². The topological polar surface area (TPSA) is 72.9 Å². The van der Waals surface area contributed by atoms with Crippen molar-refractivity contribution in [2.75, 3.05) is 6.54 Å². The first kappa shape index (κ1) is 10.3. The van der Waals surface area contributed by atoms with Crippen molar-refractivity contribution in [1.82, 2.24) is 14.9 Å².